The van der Waals surface area contributed by atoms with Gasteiger partial charge in [0.05, 0.1) is 5.56 Å². The topological polar surface area (TPSA) is 61.4 Å². The molecule has 0 aliphatic carbocycles. The lowest BCUT2D eigenvalue weighted by Crippen LogP contribution is -2.14. The van der Waals surface area contributed by atoms with Crippen molar-refractivity contribution in [3.05, 3.63) is 28.8 Å². The Morgan fingerprint density at radius 1 is 1.44 bits per heavy atom. The molecule has 0 saturated carbocycles. The van der Waals surface area contributed by atoms with Crippen LogP contribution in [0.25, 0.3) is 0 Å². The summed E-state index contributed by atoms with van der Waals surface area (Å²) >= 11 is 5.74. The monoisotopic (exact) mass is 242 g/mol. The minimum Gasteiger partial charge on any atom is -0.478 e. The normalized spacial score (nSPS) is 10.1. The van der Waals surface area contributed by atoms with Gasteiger partial charge in [0.2, 0.25) is 0 Å². The van der Waals surface area contributed by atoms with Crippen LogP contribution in [-0.4, -0.2) is 31.2 Å². The highest BCUT2D eigenvalue weighted by atomic mass is 35.5. The maximum absolute atomic E-state index is 11.0. The third kappa shape index (κ3) is 3.72. The maximum atomic E-state index is 11.0. The number of nitrogens with one attached hydrogen (secondary N) is 2. The van der Waals surface area contributed by atoms with Crippen molar-refractivity contribution in [2.24, 2.45) is 0 Å². The van der Waals surface area contributed by atoms with E-state index in [-0.39, 0.29) is 5.56 Å². The van der Waals surface area contributed by atoms with Gasteiger partial charge in [0, 0.05) is 17.3 Å². The third-order valence-electron chi connectivity index (χ3n) is 2.13. The first-order valence-corrected chi connectivity index (χ1v) is 5.44. The Hall–Kier alpha value is -1.26. The van der Waals surface area contributed by atoms with E-state index in [4.69, 9.17) is 16.7 Å². The first-order valence-electron chi connectivity index (χ1n) is 5.06. The molecule has 0 aliphatic rings. The van der Waals surface area contributed by atoms with Crippen LogP contribution >= 0.6 is 11.6 Å². The molecule has 16 heavy (non-hydrogen) atoms. The lowest BCUT2D eigenvalue weighted by molar-refractivity contribution is 0.0698. The van der Waals surface area contributed by atoms with E-state index in [0.29, 0.717) is 10.7 Å². The molecule has 0 aromatic heterocycles. The van der Waals surface area contributed by atoms with E-state index < -0.39 is 5.97 Å². The van der Waals surface area contributed by atoms with E-state index in [2.05, 4.69) is 10.6 Å². The molecular formula is C11H15ClN2O2. The second-order valence-corrected chi connectivity index (χ2v) is 3.82. The maximum Gasteiger partial charge on any atom is 0.337 e. The summed E-state index contributed by atoms with van der Waals surface area (Å²) in [4.78, 5) is 11.0. The molecule has 1 aromatic carbocycles. The predicted octanol–water partition coefficient (Wildman–Crippen LogP) is 2.06. The number of halogens is 1. The Bertz CT molecular complexity index is 369. The van der Waals surface area contributed by atoms with Crippen LogP contribution in [0.4, 0.5) is 5.69 Å². The molecule has 0 amide bonds. The van der Waals surface area contributed by atoms with Crippen molar-refractivity contribution in [2.75, 3.05) is 25.5 Å². The number of carbonyl (C=O) groups is 1. The molecule has 0 bridgehead atoms. The molecule has 4 nitrogen and oxygen atoms in total. The molecule has 0 saturated heterocycles. The molecule has 0 radical (unpaired) electrons. The van der Waals surface area contributed by atoms with Gasteiger partial charge in [-0.05, 0) is 38.2 Å². The minimum absolute atomic E-state index is 0.206. The summed E-state index contributed by atoms with van der Waals surface area (Å²) in [7, 11) is 1.88. The fraction of sp³-hybridized carbons (Fsp3) is 0.364. The molecule has 3 N–H and O–H groups in total. The van der Waals surface area contributed by atoms with Crippen LogP contribution in [0.3, 0.4) is 0 Å². The van der Waals surface area contributed by atoms with Crippen LogP contribution in [0, 0.1) is 0 Å². The standard InChI is InChI=1S/C11H15ClN2O2/c1-13-5-2-6-14-10-4-3-8(12)7-9(10)11(15)16/h3-4,7,13-14H,2,5-6H2,1H3,(H,15,16). The fourth-order valence-electron chi connectivity index (χ4n) is 1.34. The quantitative estimate of drug-likeness (QED) is 0.669. The first-order chi connectivity index (χ1) is 7.65. The number of rotatable bonds is 6. The molecular weight excluding hydrogens is 228 g/mol. The number of anilines is 1. The van der Waals surface area contributed by atoms with Crippen LogP contribution in [-0.2, 0) is 0 Å². The third-order valence-corrected chi connectivity index (χ3v) is 2.37. The number of benzene rings is 1. The molecule has 88 valence electrons. The van der Waals surface area contributed by atoms with Gasteiger partial charge in [-0.15, -0.1) is 0 Å². The first kappa shape index (κ1) is 12.8. The molecule has 0 spiro atoms. The smallest absolute Gasteiger partial charge is 0.337 e. The van der Waals surface area contributed by atoms with Gasteiger partial charge in [0.15, 0.2) is 0 Å². The van der Waals surface area contributed by atoms with E-state index >= 15 is 0 Å². The largest absolute Gasteiger partial charge is 0.478 e. The number of carboxylic acid groups (broad SMARTS) is 1. The van der Waals surface area contributed by atoms with Crippen LogP contribution in [0.1, 0.15) is 16.8 Å². The Morgan fingerprint density at radius 2 is 2.19 bits per heavy atom. The van der Waals surface area contributed by atoms with Crippen molar-refractivity contribution in [2.45, 2.75) is 6.42 Å². The average Bonchev–Trinajstić information content (AvgIpc) is 2.26. The zero-order valence-corrected chi connectivity index (χ0v) is 9.84. The van der Waals surface area contributed by atoms with Gasteiger partial charge in [-0.1, -0.05) is 11.6 Å². The molecule has 1 aromatic rings. The van der Waals surface area contributed by atoms with E-state index in [1.807, 2.05) is 7.05 Å². The number of hydrogen-bond donors (Lipinski definition) is 3. The highest BCUT2D eigenvalue weighted by Crippen LogP contribution is 2.20. The van der Waals surface area contributed by atoms with Gasteiger partial charge in [0.1, 0.15) is 0 Å². The Balaban J connectivity index is 2.67. The lowest BCUT2D eigenvalue weighted by Gasteiger charge is -2.09. The molecule has 0 atom stereocenters. The van der Waals surface area contributed by atoms with Crippen LogP contribution < -0.4 is 10.6 Å². The molecule has 0 heterocycles. The van der Waals surface area contributed by atoms with Gasteiger partial charge in [-0.2, -0.15) is 0 Å². The molecule has 0 fully saturated rings. The second-order valence-electron chi connectivity index (χ2n) is 3.38. The minimum atomic E-state index is -0.974. The van der Waals surface area contributed by atoms with Gasteiger partial charge in [-0.3, -0.25) is 0 Å². The summed E-state index contributed by atoms with van der Waals surface area (Å²) in [6, 6.07) is 4.81. The zero-order chi connectivity index (χ0) is 12.0. The second kappa shape index (κ2) is 6.35. The predicted molar refractivity (Wildman–Crippen MR) is 65.4 cm³/mol. The summed E-state index contributed by atoms with van der Waals surface area (Å²) in [6.07, 6.45) is 0.929. The Morgan fingerprint density at radius 3 is 2.81 bits per heavy atom. The van der Waals surface area contributed by atoms with E-state index in [0.717, 1.165) is 19.5 Å². The van der Waals surface area contributed by atoms with Gasteiger partial charge in [0.25, 0.3) is 0 Å². The summed E-state index contributed by atoms with van der Waals surface area (Å²) < 4.78 is 0. The molecule has 0 aliphatic heterocycles. The van der Waals surface area contributed by atoms with Crippen molar-refractivity contribution in [3.8, 4) is 0 Å². The van der Waals surface area contributed by atoms with Crippen LogP contribution in [0.5, 0.6) is 0 Å². The lowest BCUT2D eigenvalue weighted by atomic mass is 10.2. The fourth-order valence-corrected chi connectivity index (χ4v) is 1.51. The van der Waals surface area contributed by atoms with Crippen LogP contribution in [0.2, 0.25) is 5.02 Å². The van der Waals surface area contributed by atoms with Crippen molar-refractivity contribution >= 4 is 23.3 Å². The Labute approximate surface area is 99.6 Å². The van der Waals surface area contributed by atoms with E-state index in [1.165, 1.54) is 6.07 Å². The number of carboxylic acids is 1. The van der Waals surface area contributed by atoms with Gasteiger partial charge >= 0.3 is 5.97 Å². The average molecular weight is 243 g/mol. The highest BCUT2D eigenvalue weighted by Gasteiger charge is 2.09. The summed E-state index contributed by atoms with van der Waals surface area (Å²) in [5.41, 5.74) is 0.810. The summed E-state index contributed by atoms with van der Waals surface area (Å²) in [5, 5.41) is 15.5. The molecule has 0 unspecified atom stereocenters. The van der Waals surface area contributed by atoms with Crippen LogP contribution in [0.15, 0.2) is 18.2 Å². The van der Waals surface area contributed by atoms with Crippen molar-refractivity contribution < 1.29 is 9.90 Å². The summed E-state index contributed by atoms with van der Waals surface area (Å²) in [6.45, 7) is 1.62. The zero-order valence-electron chi connectivity index (χ0n) is 9.09. The molecule has 1 rings (SSSR count). The van der Waals surface area contributed by atoms with Crippen molar-refractivity contribution in [1.82, 2.24) is 5.32 Å². The van der Waals surface area contributed by atoms with Gasteiger partial charge < -0.3 is 15.7 Å². The van der Waals surface area contributed by atoms with E-state index in [9.17, 15) is 4.79 Å². The number of hydrogen-bond acceptors (Lipinski definition) is 3. The highest BCUT2D eigenvalue weighted by molar-refractivity contribution is 6.31. The van der Waals surface area contributed by atoms with Crippen molar-refractivity contribution in [1.29, 1.82) is 0 Å². The Kier molecular flexibility index (Phi) is 5.08. The number of aromatic carboxylic acids is 1. The van der Waals surface area contributed by atoms with Crippen molar-refractivity contribution in [3.63, 3.8) is 0 Å². The van der Waals surface area contributed by atoms with Gasteiger partial charge in [-0.25, -0.2) is 4.79 Å². The van der Waals surface area contributed by atoms with E-state index in [1.54, 1.807) is 12.1 Å². The SMILES string of the molecule is CNCCCNc1ccc(Cl)cc1C(=O)O. The summed E-state index contributed by atoms with van der Waals surface area (Å²) in [5.74, 6) is -0.974. The molecule has 5 heteroatoms.